The van der Waals surface area contributed by atoms with Gasteiger partial charge in [0.15, 0.2) is 0 Å². The van der Waals surface area contributed by atoms with Crippen LogP contribution in [0.4, 0.5) is 5.88 Å². The van der Waals surface area contributed by atoms with Crippen LogP contribution in [-0.4, -0.2) is 30.2 Å². The molecule has 2 N–H and O–H groups in total. The number of aromatic nitrogens is 1. The molecule has 1 aromatic heterocycles. The van der Waals surface area contributed by atoms with Gasteiger partial charge in [-0.1, -0.05) is 12.1 Å². The maximum absolute atomic E-state index is 5.50. The Hall–Kier alpha value is -1.03. The molecule has 4 heteroatoms. The Labute approximate surface area is 77.7 Å². The van der Waals surface area contributed by atoms with Gasteiger partial charge in [-0.3, -0.25) is 0 Å². The minimum absolute atomic E-state index is 0.121. The summed E-state index contributed by atoms with van der Waals surface area (Å²) in [4.78, 5) is 2.30. The van der Waals surface area contributed by atoms with E-state index >= 15 is 0 Å². The maximum atomic E-state index is 5.50. The molecule has 1 saturated heterocycles. The van der Waals surface area contributed by atoms with Crippen LogP contribution in [0.15, 0.2) is 10.6 Å². The Morgan fingerprint density at radius 3 is 2.92 bits per heavy atom. The summed E-state index contributed by atoms with van der Waals surface area (Å²) in [6, 6.07) is 1.83. The second-order valence-electron chi connectivity index (χ2n) is 4.16. The molecule has 1 aliphatic heterocycles. The van der Waals surface area contributed by atoms with E-state index in [2.05, 4.69) is 24.0 Å². The van der Waals surface area contributed by atoms with Crippen LogP contribution in [0, 0.1) is 0 Å². The number of likely N-dealkylation sites (tertiary alicyclic amines) is 1. The van der Waals surface area contributed by atoms with Crippen LogP contribution in [0.1, 0.15) is 19.0 Å². The summed E-state index contributed by atoms with van der Waals surface area (Å²) in [6.45, 7) is 4.34. The van der Waals surface area contributed by atoms with Crippen LogP contribution >= 0.6 is 0 Å². The monoisotopic (exact) mass is 181 g/mol. The van der Waals surface area contributed by atoms with Crippen molar-refractivity contribution in [2.24, 2.45) is 0 Å². The van der Waals surface area contributed by atoms with Crippen molar-refractivity contribution in [1.29, 1.82) is 0 Å². The lowest BCUT2D eigenvalue weighted by Gasteiger charge is -2.19. The highest BCUT2D eigenvalue weighted by atomic mass is 16.5. The van der Waals surface area contributed by atoms with Crippen LogP contribution in [0.5, 0.6) is 0 Å². The molecule has 0 radical (unpaired) electrons. The molecule has 1 unspecified atom stereocenters. The van der Waals surface area contributed by atoms with Crippen molar-refractivity contribution in [2.45, 2.75) is 18.8 Å². The Kier molecular flexibility index (Phi) is 1.80. The van der Waals surface area contributed by atoms with Crippen molar-refractivity contribution in [3.63, 3.8) is 0 Å². The zero-order valence-electron chi connectivity index (χ0n) is 8.08. The quantitative estimate of drug-likeness (QED) is 0.697. The molecule has 72 valence electrons. The normalized spacial score (nSPS) is 29.7. The first-order chi connectivity index (χ1) is 6.10. The Morgan fingerprint density at radius 1 is 1.69 bits per heavy atom. The first-order valence-electron chi connectivity index (χ1n) is 4.51. The molecule has 0 aromatic carbocycles. The third-order valence-electron chi connectivity index (χ3n) is 2.81. The third kappa shape index (κ3) is 1.42. The highest BCUT2D eigenvalue weighted by Crippen LogP contribution is 2.33. The molecule has 2 rings (SSSR count). The first kappa shape index (κ1) is 8.56. The minimum Gasteiger partial charge on any atom is -0.368 e. The van der Waals surface area contributed by atoms with Crippen molar-refractivity contribution < 1.29 is 4.52 Å². The van der Waals surface area contributed by atoms with E-state index in [9.17, 15) is 0 Å². The number of nitrogens with two attached hydrogens (primary N) is 1. The van der Waals surface area contributed by atoms with E-state index in [-0.39, 0.29) is 5.41 Å². The number of likely N-dealkylation sites (N-methyl/N-ethyl adjacent to an activating group) is 1. The lowest BCUT2D eigenvalue weighted by Crippen LogP contribution is -2.26. The van der Waals surface area contributed by atoms with Gasteiger partial charge in [-0.2, -0.15) is 0 Å². The summed E-state index contributed by atoms with van der Waals surface area (Å²) in [5.74, 6) is 0.408. The fraction of sp³-hybridized carbons (Fsp3) is 0.667. The molecule has 13 heavy (non-hydrogen) atoms. The highest BCUT2D eigenvalue weighted by Gasteiger charge is 2.36. The van der Waals surface area contributed by atoms with Crippen molar-refractivity contribution >= 4 is 5.88 Å². The van der Waals surface area contributed by atoms with E-state index < -0.39 is 0 Å². The molecule has 2 heterocycles. The average Bonchev–Trinajstić information content (AvgIpc) is 2.60. The molecular weight excluding hydrogens is 166 g/mol. The third-order valence-corrected chi connectivity index (χ3v) is 2.81. The van der Waals surface area contributed by atoms with Gasteiger partial charge < -0.3 is 15.2 Å². The van der Waals surface area contributed by atoms with Gasteiger partial charge in [-0.05, 0) is 20.0 Å². The van der Waals surface area contributed by atoms with Crippen LogP contribution in [0.25, 0.3) is 0 Å². The Bertz CT molecular complexity index is 310. The van der Waals surface area contributed by atoms with E-state index in [0.717, 1.165) is 25.2 Å². The summed E-state index contributed by atoms with van der Waals surface area (Å²) in [6.07, 6.45) is 1.12. The number of nitrogens with zero attached hydrogens (tertiary/aromatic N) is 2. The number of nitrogen functional groups attached to an aromatic ring is 1. The van der Waals surface area contributed by atoms with Crippen molar-refractivity contribution in [2.75, 3.05) is 25.9 Å². The molecular formula is C9H15N3O. The van der Waals surface area contributed by atoms with E-state index in [1.54, 1.807) is 0 Å². The van der Waals surface area contributed by atoms with Gasteiger partial charge in [-0.25, -0.2) is 0 Å². The van der Waals surface area contributed by atoms with Crippen molar-refractivity contribution in [3.8, 4) is 0 Å². The number of hydrogen-bond donors (Lipinski definition) is 1. The molecule has 0 saturated carbocycles. The molecule has 0 amide bonds. The second-order valence-corrected chi connectivity index (χ2v) is 4.16. The largest absolute Gasteiger partial charge is 0.368 e. The maximum Gasteiger partial charge on any atom is 0.222 e. The second kappa shape index (κ2) is 2.73. The molecule has 1 aromatic rings. The van der Waals surface area contributed by atoms with Gasteiger partial charge in [0.25, 0.3) is 0 Å². The van der Waals surface area contributed by atoms with Gasteiger partial charge in [-0.15, -0.1) is 0 Å². The van der Waals surface area contributed by atoms with Gasteiger partial charge in [0.1, 0.15) is 0 Å². The molecule has 1 atom stereocenters. The minimum atomic E-state index is 0.121. The van der Waals surface area contributed by atoms with E-state index in [1.807, 2.05) is 6.07 Å². The Balaban J connectivity index is 2.25. The van der Waals surface area contributed by atoms with Crippen LogP contribution in [0.2, 0.25) is 0 Å². The molecule has 0 aliphatic carbocycles. The topological polar surface area (TPSA) is 55.3 Å². The molecule has 0 spiro atoms. The Morgan fingerprint density at radius 2 is 2.46 bits per heavy atom. The number of hydrogen-bond acceptors (Lipinski definition) is 4. The van der Waals surface area contributed by atoms with E-state index in [0.29, 0.717) is 5.88 Å². The summed E-state index contributed by atoms with van der Waals surface area (Å²) < 4.78 is 4.89. The van der Waals surface area contributed by atoms with Crippen LogP contribution < -0.4 is 5.73 Å². The predicted octanol–water partition coefficient (Wildman–Crippen LogP) is 0.850. The number of rotatable bonds is 1. The summed E-state index contributed by atoms with van der Waals surface area (Å²) in [5, 5.41) is 3.98. The van der Waals surface area contributed by atoms with Gasteiger partial charge in [0, 0.05) is 18.0 Å². The SMILES string of the molecule is CN1CCC(C)(c2cc(N)on2)C1. The molecule has 1 aliphatic rings. The van der Waals surface area contributed by atoms with Crippen LogP contribution in [0.3, 0.4) is 0 Å². The molecule has 0 bridgehead atoms. The van der Waals surface area contributed by atoms with E-state index in [4.69, 9.17) is 10.3 Å². The molecule has 1 fully saturated rings. The molecule has 4 nitrogen and oxygen atoms in total. The predicted molar refractivity (Wildman–Crippen MR) is 50.4 cm³/mol. The van der Waals surface area contributed by atoms with Crippen LogP contribution in [-0.2, 0) is 5.41 Å². The first-order valence-corrected chi connectivity index (χ1v) is 4.51. The number of anilines is 1. The lowest BCUT2D eigenvalue weighted by molar-refractivity contribution is 0.358. The average molecular weight is 181 g/mol. The zero-order valence-corrected chi connectivity index (χ0v) is 8.08. The smallest absolute Gasteiger partial charge is 0.222 e. The highest BCUT2D eigenvalue weighted by molar-refractivity contribution is 5.29. The summed E-state index contributed by atoms with van der Waals surface area (Å²) in [5.41, 5.74) is 6.60. The lowest BCUT2D eigenvalue weighted by atomic mass is 9.86. The van der Waals surface area contributed by atoms with Crippen molar-refractivity contribution in [3.05, 3.63) is 11.8 Å². The fourth-order valence-corrected chi connectivity index (χ4v) is 1.97. The zero-order chi connectivity index (χ0) is 9.47. The van der Waals surface area contributed by atoms with E-state index in [1.165, 1.54) is 0 Å². The van der Waals surface area contributed by atoms with Gasteiger partial charge >= 0.3 is 0 Å². The fourth-order valence-electron chi connectivity index (χ4n) is 1.97. The summed E-state index contributed by atoms with van der Waals surface area (Å²) in [7, 11) is 2.12. The standard InChI is InChI=1S/C9H15N3O/c1-9(3-4-12(2)6-9)7-5-8(10)13-11-7/h5H,3-4,6,10H2,1-2H3. The van der Waals surface area contributed by atoms with Gasteiger partial charge in [0.05, 0.1) is 5.69 Å². The summed E-state index contributed by atoms with van der Waals surface area (Å²) >= 11 is 0. The van der Waals surface area contributed by atoms with Gasteiger partial charge in [0.2, 0.25) is 5.88 Å². The van der Waals surface area contributed by atoms with Crippen molar-refractivity contribution in [1.82, 2.24) is 10.1 Å².